The van der Waals surface area contributed by atoms with E-state index in [0.717, 1.165) is 17.3 Å². The highest BCUT2D eigenvalue weighted by Gasteiger charge is 2.30. The summed E-state index contributed by atoms with van der Waals surface area (Å²) >= 11 is 3.27. The highest BCUT2D eigenvalue weighted by atomic mass is 79.9. The van der Waals surface area contributed by atoms with Crippen molar-refractivity contribution in [3.8, 4) is 5.75 Å². The number of phenolic OH excluding ortho intramolecular Hbond substituents is 1. The molecule has 1 atom stereocenters. The summed E-state index contributed by atoms with van der Waals surface area (Å²) in [6.07, 6.45) is 1.71. The van der Waals surface area contributed by atoms with Crippen molar-refractivity contribution < 1.29 is 15.0 Å². The first-order valence-electron chi connectivity index (χ1n) is 5.54. The van der Waals surface area contributed by atoms with Crippen LogP contribution in [-0.2, 0) is 0 Å². The van der Waals surface area contributed by atoms with Crippen LogP contribution >= 0.6 is 15.9 Å². The minimum Gasteiger partial charge on any atom is -0.507 e. The van der Waals surface area contributed by atoms with Crippen LogP contribution in [0.2, 0.25) is 0 Å². The smallest absolute Gasteiger partial charge is 0.257 e. The van der Waals surface area contributed by atoms with E-state index < -0.39 is 0 Å². The van der Waals surface area contributed by atoms with Gasteiger partial charge in [0.25, 0.3) is 5.91 Å². The van der Waals surface area contributed by atoms with Crippen LogP contribution in [0.1, 0.15) is 23.2 Å². The van der Waals surface area contributed by atoms with Crippen LogP contribution in [0, 0.1) is 0 Å². The van der Waals surface area contributed by atoms with Gasteiger partial charge < -0.3 is 15.1 Å². The third kappa shape index (κ3) is 2.45. The quantitative estimate of drug-likeness (QED) is 0.875. The molecule has 0 saturated carbocycles. The van der Waals surface area contributed by atoms with Crippen LogP contribution in [0.4, 0.5) is 0 Å². The second-order valence-corrected chi connectivity index (χ2v) is 5.05. The van der Waals surface area contributed by atoms with E-state index in [0.29, 0.717) is 6.54 Å². The Morgan fingerprint density at radius 1 is 1.53 bits per heavy atom. The van der Waals surface area contributed by atoms with Gasteiger partial charge in [-0.25, -0.2) is 0 Å². The topological polar surface area (TPSA) is 60.8 Å². The van der Waals surface area contributed by atoms with Gasteiger partial charge in [0.1, 0.15) is 5.75 Å². The van der Waals surface area contributed by atoms with Crippen molar-refractivity contribution in [3.63, 3.8) is 0 Å². The largest absolute Gasteiger partial charge is 0.507 e. The average Bonchev–Trinajstić information content (AvgIpc) is 2.79. The van der Waals surface area contributed by atoms with Crippen LogP contribution in [0.15, 0.2) is 22.7 Å². The number of nitrogens with zero attached hydrogens (tertiary/aromatic N) is 1. The molecule has 0 bridgehead atoms. The first-order valence-corrected chi connectivity index (χ1v) is 6.33. The van der Waals surface area contributed by atoms with Crippen molar-refractivity contribution in [1.82, 2.24) is 4.90 Å². The fourth-order valence-electron chi connectivity index (χ4n) is 2.13. The third-order valence-corrected chi connectivity index (χ3v) is 3.53. The first-order chi connectivity index (χ1) is 8.13. The Kier molecular flexibility index (Phi) is 3.69. The Morgan fingerprint density at radius 3 is 3.00 bits per heavy atom. The fourth-order valence-corrected chi connectivity index (χ4v) is 2.49. The summed E-state index contributed by atoms with van der Waals surface area (Å²) in [4.78, 5) is 13.8. The normalized spacial score (nSPS) is 19.6. The number of carbonyl (C=O) groups excluding carboxylic acids is 1. The summed E-state index contributed by atoms with van der Waals surface area (Å²) in [6.45, 7) is 0.608. The third-order valence-electron chi connectivity index (χ3n) is 3.04. The number of hydrogen-bond donors (Lipinski definition) is 2. The van der Waals surface area contributed by atoms with Gasteiger partial charge in [-0.3, -0.25) is 4.79 Å². The lowest BCUT2D eigenvalue weighted by Gasteiger charge is -2.23. The van der Waals surface area contributed by atoms with Gasteiger partial charge in [0, 0.05) is 11.0 Å². The summed E-state index contributed by atoms with van der Waals surface area (Å²) in [6, 6.07) is 4.65. The SMILES string of the molecule is O=C(c1cc(Br)ccc1O)N1CCC[C@H]1CO. The lowest BCUT2D eigenvalue weighted by Crippen LogP contribution is -2.37. The van der Waals surface area contributed by atoms with Crippen molar-refractivity contribution in [1.29, 1.82) is 0 Å². The molecule has 0 aliphatic carbocycles. The lowest BCUT2D eigenvalue weighted by atomic mass is 10.1. The van der Waals surface area contributed by atoms with E-state index in [9.17, 15) is 15.0 Å². The summed E-state index contributed by atoms with van der Waals surface area (Å²) < 4.78 is 0.749. The summed E-state index contributed by atoms with van der Waals surface area (Å²) in [5, 5.41) is 18.9. The maximum Gasteiger partial charge on any atom is 0.257 e. The van der Waals surface area contributed by atoms with Crippen molar-refractivity contribution in [3.05, 3.63) is 28.2 Å². The molecule has 2 N–H and O–H groups in total. The number of phenols is 1. The van der Waals surface area contributed by atoms with Gasteiger partial charge in [0.05, 0.1) is 18.2 Å². The molecule has 0 spiro atoms. The maximum absolute atomic E-state index is 12.2. The van der Waals surface area contributed by atoms with Gasteiger partial charge in [0.2, 0.25) is 0 Å². The van der Waals surface area contributed by atoms with Crippen LogP contribution in [0.5, 0.6) is 5.75 Å². The minimum absolute atomic E-state index is 0.0261. The Balaban J connectivity index is 2.27. The van der Waals surface area contributed by atoms with Gasteiger partial charge in [-0.2, -0.15) is 0 Å². The molecular formula is C12H14BrNO3. The van der Waals surface area contributed by atoms with E-state index in [-0.39, 0.29) is 29.9 Å². The van der Waals surface area contributed by atoms with E-state index in [4.69, 9.17) is 0 Å². The fraction of sp³-hybridized carbons (Fsp3) is 0.417. The summed E-state index contributed by atoms with van der Waals surface area (Å²) in [7, 11) is 0. The number of hydrogen-bond acceptors (Lipinski definition) is 3. The number of halogens is 1. The Morgan fingerprint density at radius 2 is 2.29 bits per heavy atom. The zero-order valence-corrected chi connectivity index (χ0v) is 10.9. The molecule has 2 rings (SSSR count). The van der Waals surface area contributed by atoms with Gasteiger partial charge in [0.15, 0.2) is 0 Å². The number of aliphatic hydroxyl groups excluding tert-OH is 1. The number of rotatable bonds is 2. The molecule has 1 aromatic rings. The first kappa shape index (κ1) is 12.4. The predicted molar refractivity (Wildman–Crippen MR) is 67.0 cm³/mol. The lowest BCUT2D eigenvalue weighted by molar-refractivity contribution is 0.0674. The molecular weight excluding hydrogens is 286 g/mol. The molecule has 4 nitrogen and oxygen atoms in total. The minimum atomic E-state index is -0.222. The number of likely N-dealkylation sites (tertiary alicyclic amines) is 1. The summed E-state index contributed by atoms with van der Waals surface area (Å²) in [5.74, 6) is -0.248. The molecule has 5 heteroatoms. The molecule has 1 fully saturated rings. The highest BCUT2D eigenvalue weighted by molar-refractivity contribution is 9.10. The number of amides is 1. The molecule has 1 aromatic carbocycles. The van der Waals surface area contributed by atoms with Gasteiger partial charge in [-0.1, -0.05) is 15.9 Å². The molecule has 1 aliphatic heterocycles. The predicted octanol–water partition coefficient (Wildman–Crippen LogP) is 1.75. The zero-order valence-electron chi connectivity index (χ0n) is 9.27. The molecule has 1 amide bonds. The van der Waals surface area contributed by atoms with Gasteiger partial charge >= 0.3 is 0 Å². The van der Waals surface area contributed by atoms with E-state index in [1.807, 2.05) is 0 Å². The van der Waals surface area contributed by atoms with Crippen LogP contribution in [0.25, 0.3) is 0 Å². The second kappa shape index (κ2) is 5.06. The monoisotopic (exact) mass is 299 g/mol. The molecule has 0 radical (unpaired) electrons. The molecule has 92 valence electrons. The van der Waals surface area contributed by atoms with Gasteiger partial charge in [-0.15, -0.1) is 0 Å². The summed E-state index contributed by atoms with van der Waals surface area (Å²) in [5.41, 5.74) is 0.278. The molecule has 0 aromatic heterocycles. The maximum atomic E-state index is 12.2. The highest BCUT2D eigenvalue weighted by Crippen LogP contribution is 2.26. The van der Waals surface area contributed by atoms with Crippen molar-refractivity contribution >= 4 is 21.8 Å². The van der Waals surface area contributed by atoms with Crippen LogP contribution in [-0.4, -0.2) is 40.2 Å². The second-order valence-electron chi connectivity index (χ2n) is 4.14. The standard InChI is InChI=1S/C12H14BrNO3/c13-8-3-4-11(16)10(6-8)12(17)14-5-1-2-9(14)7-15/h3-4,6,9,15-16H,1-2,5,7H2/t9-/m0/s1. The molecule has 1 aliphatic rings. The number of benzene rings is 1. The Bertz CT molecular complexity index is 436. The van der Waals surface area contributed by atoms with Gasteiger partial charge in [-0.05, 0) is 31.0 Å². The van der Waals surface area contributed by atoms with Crippen molar-refractivity contribution in [2.45, 2.75) is 18.9 Å². The van der Waals surface area contributed by atoms with E-state index >= 15 is 0 Å². The average molecular weight is 300 g/mol. The number of aliphatic hydroxyl groups is 1. The van der Waals surface area contributed by atoms with Crippen molar-refractivity contribution in [2.24, 2.45) is 0 Å². The Hall–Kier alpha value is -1.07. The molecule has 1 saturated heterocycles. The number of carbonyl (C=O) groups is 1. The van der Waals surface area contributed by atoms with E-state index in [1.54, 1.807) is 17.0 Å². The molecule has 1 heterocycles. The van der Waals surface area contributed by atoms with E-state index in [1.165, 1.54) is 6.07 Å². The van der Waals surface area contributed by atoms with E-state index in [2.05, 4.69) is 15.9 Å². The van der Waals surface area contributed by atoms with Crippen molar-refractivity contribution in [2.75, 3.05) is 13.2 Å². The van der Waals surface area contributed by atoms with Crippen LogP contribution in [0.3, 0.4) is 0 Å². The molecule has 17 heavy (non-hydrogen) atoms. The number of aromatic hydroxyl groups is 1. The zero-order chi connectivity index (χ0) is 12.4. The Labute approximate surface area is 108 Å². The van der Waals surface area contributed by atoms with Crippen LogP contribution < -0.4 is 0 Å². The molecule has 0 unspecified atom stereocenters.